The lowest BCUT2D eigenvalue weighted by molar-refractivity contribution is 0.0908. The van der Waals surface area contributed by atoms with Crippen LogP contribution in [0.15, 0.2) is 33.7 Å². The predicted molar refractivity (Wildman–Crippen MR) is 108 cm³/mol. The maximum Gasteiger partial charge on any atom is 0.315 e. The van der Waals surface area contributed by atoms with Crippen LogP contribution in [0.5, 0.6) is 0 Å². The van der Waals surface area contributed by atoms with Gasteiger partial charge in [-0.05, 0) is 63.2 Å². The quantitative estimate of drug-likeness (QED) is 0.629. The molecule has 1 fully saturated rings. The van der Waals surface area contributed by atoms with E-state index in [1.165, 1.54) is 49.9 Å². The zero-order chi connectivity index (χ0) is 20.7. The highest BCUT2D eigenvalue weighted by molar-refractivity contribution is 7.90. The molecule has 0 spiro atoms. The summed E-state index contributed by atoms with van der Waals surface area (Å²) in [6.45, 7) is 3.66. The van der Waals surface area contributed by atoms with Gasteiger partial charge in [0.15, 0.2) is 15.7 Å². The first kappa shape index (κ1) is 21.7. The molecule has 2 aromatic rings. The summed E-state index contributed by atoms with van der Waals surface area (Å²) < 4.78 is 29.7. The number of nitrogens with one attached hydrogen (secondary N) is 1. The fraction of sp³-hybridized carbons (Fsp3) is 0.526. The maximum absolute atomic E-state index is 12.4. The summed E-state index contributed by atoms with van der Waals surface area (Å²) in [7, 11) is -3.66. The Morgan fingerprint density at radius 3 is 2.52 bits per heavy atom. The maximum atomic E-state index is 12.4. The van der Waals surface area contributed by atoms with Gasteiger partial charge in [0.1, 0.15) is 5.75 Å². The normalized spacial score (nSPS) is 15.8. The Morgan fingerprint density at radius 1 is 1.14 bits per heavy atom. The van der Waals surface area contributed by atoms with Crippen LogP contribution in [-0.4, -0.2) is 55.5 Å². The Bertz CT molecular complexity index is 907. The molecule has 0 saturated carbocycles. The van der Waals surface area contributed by atoms with E-state index in [2.05, 4.69) is 20.4 Å². The first-order valence-electron chi connectivity index (χ1n) is 9.75. The molecule has 1 aliphatic heterocycles. The van der Waals surface area contributed by atoms with Crippen molar-refractivity contribution >= 4 is 27.3 Å². The number of carbonyl (C=O) groups excluding carboxylic acids is 1. The number of halogens is 1. The lowest BCUT2D eigenvalue weighted by Gasteiger charge is -2.19. The highest BCUT2D eigenvalue weighted by Gasteiger charge is 2.21. The zero-order valence-electron chi connectivity index (χ0n) is 16.1. The van der Waals surface area contributed by atoms with Crippen molar-refractivity contribution in [2.45, 2.75) is 42.8 Å². The Hall–Kier alpha value is -1.97. The number of likely N-dealkylation sites (tertiary alicyclic amines) is 1. The average molecular weight is 441 g/mol. The fourth-order valence-corrected chi connectivity index (χ4v) is 4.54. The molecular formula is C19H25ClN4O4S. The van der Waals surface area contributed by atoms with Crippen LogP contribution in [-0.2, 0) is 15.6 Å². The smallest absolute Gasteiger partial charge is 0.315 e. The van der Waals surface area contributed by atoms with Gasteiger partial charge in [-0.1, -0.05) is 29.6 Å². The van der Waals surface area contributed by atoms with E-state index in [-0.39, 0.29) is 16.6 Å². The summed E-state index contributed by atoms with van der Waals surface area (Å²) >= 11 is 5.78. The van der Waals surface area contributed by atoms with Crippen LogP contribution in [0.1, 0.15) is 48.6 Å². The van der Waals surface area contributed by atoms with Gasteiger partial charge in [-0.2, -0.15) is 4.98 Å². The van der Waals surface area contributed by atoms with Crippen molar-refractivity contribution in [2.75, 3.05) is 26.2 Å². The van der Waals surface area contributed by atoms with Crippen LogP contribution >= 0.6 is 11.6 Å². The number of hydrogen-bond donors (Lipinski definition) is 1. The van der Waals surface area contributed by atoms with Crippen LogP contribution in [0, 0.1) is 0 Å². The van der Waals surface area contributed by atoms with Gasteiger partial charge in [0.05, 0.1) is 4.90 Å². The molecular weight excluding hydrogens is 416 g/mol. The Balaban J connectivity index is 1.47. The lowest BCUT2D eigenvalue weighted by atomic mass is 10.2. The third-order valence-corrected chi connectivity index (χ3v) is 6.67. The number of amides is 1. The van der Waals surface area contributed by atoms with Gasteiger partial charge in [0, 0.05) is 11.6 Å². The van der Waals surface area contributed by atoms with E-state index in [1.807, 2.05) is 0 Å². The Kier molecular flexibility index (Phi) is 7.63. The largest absolute Gasteiger partial charge is 0.348 e. The molecule has 1 aliphatic rings. The summed E-state index contributed by atoms with van der Waals surface area (Å²) in [5.74, 6) is -1.25. The summed E-state index contributed by atoms with van der Waals surface area (Å²) in [6, 6.07) is 5.82. The summed E-state index contributed by atoms with van der Waals surface area (Å²) in [5, 5.41) is 6.80. The summed E-state index contributed by atoms with van der Waals surface area (Å²) in [6.07, 6.45) is 5.88. The van der Waals surface area contributed by atoms with Gasteiger partial charge in [-0.3, -0.25) is 4.79 Å². The van der Waals surface area contributed by atoms with E-state index in [0.717, 1.165) is 26.1 Å². The molecule has 1 aromatic carbocycles. The molecule has 0 bridgehead atoms. The minimum absolute atomic E-state index is 0.0605. The van der Waals surface area contributed by atoms with E-state index in [9.17, 15) is 13.2 Å². The van der Waals surface area contributed by atoms with Gasteiger partial charge >= 0.3 is 11.8 Å². The van der Waals surface area contributed by atoms with Crippen molar-refractivity contribution in [2.24, 2.45) is 0 Å². The minimum Gasteiger partial charge on any atom is -0.348 e. The van der Waals surface area contributed by atoms with Gasteiger partial charge in [-0.25, -0.2) is 8.42 Å². The fourth-order valence-electron chi connectivity index (χ4n) is 3.24. The second-order valence-electron chi connectivity index (χ2n) is 7.09. The lowest BCUT2D eigenvalue weighted by Crippen LogP contribution is -2.30. The van der Waals surface area contributed by atoms with Gasteiger partial charge in [0.2, 0.25) is 0 Å². The SMILES string of the molecule is O=C(NCCCN1CCCCCC1)c1nc(CS(=O)(=O)c2ccc(Cl)cc2)no1. The molecule has 2 heterocycles. The highest BCUT2D eigenvalue weighted by atomic mass is 35.5. The van der Waals surface area contributed by atoms with Crippen molar-refractivity contribution in [1.29, 1.82) is 0 Å². The van der Waals surface area contributed by atoms with Crippen molar-refractivity contribution in [3.8, 4) is 0 Å². The zero-order valence-corrected chi connectivity index (χ0v) is 17.7. The van der Waals surface area contributed by atoms with Crippen molar-refractivity contribution in [1.82, 2.24) is 20.4 Å². The number of nitrogens with zero attached hydrogens (tertiary/aromatic N) is 3. The van der Waals surface area contributed by atoms with Gasteiger partial charge < -0.3 is 14.7 Å². The summed E-state index contributed by atoms with van der Waals surface area (Å²) in [4.78, 5) is 18.6. The topological polar surface area (TPSA) is 105 Å². The average Bonchev–Trinajstić information content (AvgIpc) is 2.99. The first-order valence-corrected chi connectivity index (χ1v) is 11.8. The number of sulfone groups is 1. The number of rotatable bonds is 8. The molecule has 8 nitrogen and oxygen atoms in total. The molecule has 0 radical (unpaired) electrons. The van der Waals surface area contributed by atoms with E-state index in [1.54, 1.807) is 0 Å². The van der Waals surface area contributed by atoms with E-state index in [0.29, 0.717) is 11.6 Å². The minimum atomic E-state index is -3.66. The summed E-state index contributed by atoms with van der Waals surface area (Å²) in [5.41, 5.74) is 0. The van der Waals surface area contributed by atoms with E-state index < -0.39 is 21.5 Å². The van der Waals surface area contributed by atoms with Gasteiger partial charge in [-0.15, -0.1) is 0 Å². The first-order chi connectivity index (χ1) is 13.9. The van der Waals surface area contributed by atoms with Crippen LogP contribution < -0.4 is 5.32 Å². The van der Waals surface area contributed by atoms with Crippen LogP contribution in [0.2, 0.25) is 5.02 Å². The molecule has 3 rings (SSSR count). The van der Waals surface area contributed by atoms with Crippen molar-refractivity contribution in [3.63, 3.8) is 0 Å². The van der Waals surface area contributed by atoms with Crippen LogP contribution in [0.4, 0.5) is 0 Å². The van der Waals surface area contributed by atoms with Crippen LogP contribution in [0.25, 0.3) is 0 Å². The Morgan fingerprint density at radius 2 is 1.83 bits per heavy atom. The van der Waals surface area contributed by atoms with Crippen molar-refractivity contribution in [3.05, 3.63) is 41.0 Å². The highest BCUT2D eigenvalue weighted by Crippen LogP contribution is 2.18. The molecule has 29 heavy (non-hydrogen) atoms. The molecule has 1 saturated heterocycles. The van der Waals surface area contributed by atoms with Gasteiger partial charge in [0.25, 0.3) is 0 Å². The van der Waals surface area contributed by atoms with E-state index in [4.69, 9.17) is 16.1 Å². The molecule has 1 N–H and O–H groups in total. The second-order valence-corrected chi connectivity index (χ2v) is 9.52. The number of carbonyl (C=O) groups is 1. The van der Waals surface area contributed by atoms with E-state index >= 15 is 0 Å². The third-order valence-electron chi connectivity index (χ3n) is 4.79. The van der Waals surface area contributed by atoms with Crippen LogP contribution in [0.3, 0.4) is 0 Å². The molecule has 1 aromatic heterocycles. The molecule has 0 unspecified atom stereocenters. The molecule has 158 valence electrons. The van der Waals surface area contributed by atoms with Crippen molar-refractivity contribution < 1.29 is 17.7 Å². The predicted octanol–water partition coefficient (Wildman–Crippen LogP) is 2.69. The molecule has 0 aliphatic carbocycles. The monoisotopic (exact) mass is 440 g/mol. The number of aromatic nitrogens is 2. The third kappa shape index (κ3) is 6.52. The standard InChI is InChI=1S/C19H25ClN4O4S/c20-15-6-8-16(9-7-15)29(26,27)14-17-22-19(28-23-17)18(25)21-10-5-13-24-11-3-1-2-4-12-24/h6-9H,1-5,10-14H2,(H,21,25). The number of hydrogen-bond acceptors (Lipinski definition) is 7. The molecule has 10 heteroatoms. The second kappa shape index (κ2) is 10.2. The molecule has 0 atom stereocenters. The molecule has 1 amide bonds. The number of benzene rings is 1. The Labute approximate surface area is 175 Å².